The van der Waals surface area contributed by atoms with Gasteiger partial charge in [0.25, 0.3) is 0 Å². The average Bonchev–Trinajstić information content (AvgIpc) is 3.05. The number of rotatable bonds is 2. The van der Waals surface area contributed by atoms with Crippen LogP contribution in [0.5, 0.6) is 0 Å². The van der Waals surface area contributed by atoms with E-state index in [1.807, 2.05) is 54.6 Å². The van der Waals surface area contributed by atoms with Crippen molar-refractivity contribution in [3.63, 3.8) is 0 Å². The van der Waals surface area contributed by atoms with Gasteiger partial charge >= 0.3 is 0 Å². The van der Waals surface area contributed by atoms with Crippen molar-refractivity contribution < 1.29 is 0 Å². The van der Waals surface area contributed by atoms with Gasteiger partial charge in [-0.05, 0) is 71.0 Å². The van der Waals surface area contributed by atoms with E-state index in [0.717, 1.165) is 40.1 Å². The Hall–Kier alpha value is -2.73. The number of hydrogen-bond donors (Lipinski definition) is 1. The number of nitriles is 1. The van der Waals surface area contributed by atoms with Crippen molar-refractivity contribution in [2.24, 2.45) is 0 Å². The molecule has 4 heteroatoms. The number of fused-ring (bicyclic) bond motifs is 1. The second kappa shape index (κ2) is 7.12. The molecule has 27 heavy (non-hydrogen) atoms. The van der Waals surface area contributed by atoms with Gasteiger partial charge in [-0.1, -0.05) is 53.5 Å². The van der Waals surface area contributed by atoms with E-state index in [2.05, 4.69) is 12.1 Å². The maximum absolute atomic E-state index is 9.69. The lowest BCUT2D eigenvalue weighted by Gasteiger charge is -2.14. The standard InChI is InChI=1S/C23H16Cl2N2/c24-17-6-1-14(2-7-17)11-16-5-10-19-20(16)12-22(27)21(13-26)23(19)15-3-8-18(25)9-4-15/h1-4,6-9,11-12H,5,10,27H2/b16-11+. The van der Waals surface area contributed by atoms with E-state index >= 15 is 0 Å². The van der Waals surface area contributed by atoms with Crippen molar-refractivity contribution in [2.45, 2.75) is 12.8 Å². The number of halogens is 2. The molecule has 0 unspecified atom stereocenters. The topological polar surface area (TPSA) is 49.8 Å². The lowest BCUT2D eigenvalue weighted by atomic mass is 9.90. The molecule has 3 aromatic rings. The van der Waals surface area contributed by atoms with Crippen molar-refractivity contribution in [2.75, 3.05) is 5.73 Å². The first kappa shape index (κ1) is 17.7. The number of nitrogens with two attached hydrogens (primary N) is 1. The molecular formula is C23H16Cl2N2. The fourth-order valence-electron chi connectivity index (χ4n) is 3.65. The van der Waals surface area contributed by atoms with Crippen LogP contribution < -0.4 is 5.73 Å². The fourth-order valence-corrected chi connectivity index (χ4v) is 3.90. The molecule has 0 atom stereocenters. The highest BCUT2D eigenvalue weighted by molar-refractivity contribution is 6.30. The van der Waals surface area contributed by atoms with Gasteiger partial charge in [-0.3, -0.25) is 0 Å². The zero-order valence-corrected chi connectivity index (χ0v) is 16.0. The van der Waals surface area contributed by atoms with Gasteiger partial charge in [0, 0.05) is 15.6 Å². The van der Waals surface area contributed by atoms with Crippen LogP contribution in [0.25, 0.3) is 22.8 Å². The summed E-state index contributed by atoms with van der Waals surface area (Å²) < 4.78 is 0. The molecule has 0 spiro atoms. The van der Waals surface area contributed by atoms with Crippen LogP contribution in [0.1, 0.15) is 28.7 Å². The Bertz CT molecular complexity index is 1090. The van der Waals surface area contributed by atoms with E-state index in [0.29, 0.717) is 16.3 Å². The molecular weight excluding hydrogens is 375 g/mol. The number of allylic oxidation sites excluding steroid dienone is 1. The van der Waals surface area contributed by atoms with E-state index < -0.39 is 0 Å². The molecule has 0 aromatic heterocycles. The zero-order chi connectivity index (χ0) is 19.0. The minimum absolute atomic E-state index is 0.505. The molecule has 132 valence electrons. The summed E-state index contributed by atoms with van der Waals surface area (Å²) in [7, 11) is 0. The smallest absolute Gasteiger partial charge is 0.102 e. The third-order valence-electron chi connectivity index (χ3n) is 4.91. The van der Waals surface area contributed by atoms with Crippen LogP contribution in [0.15, 0.2) is 54.6 Å². The van der Waals surface area contributed by atoms with Crippen LogP contribution in [0.2, 0.25) is 10.0 Å². The quantitative estimate of drug-likeness (QED) is 0.500. The Morgan fingerprint density at radius 1 is 0.926 bits per heavy atom. The first-order valence-corrected chi connectivity index (χ1v) is 9.40. The number of nitrogen functional groups attached to an aromatic ring is 1. The van der Waals surface area contributed by atoms with Gasteiger partial charge in [-0.15, -0.1) is 0 Å². The van der Waals surface area contributed by atoms with Gasteiger partial charge in [0.05, 0.1) is 11.3 Å². The maximum Gasteiger partial charge on any atom is 0.102 e. The molecule has 0 heterocycles. The third-order valence-corrected chi connectivity index (χ3v) is 5.42. The first-order valence-electron chi connectivity index (χ1n) is 8.64. The van der Waals surface area contributed by atoms with Gasteiger partial charge in [0.1, 0.15) is 6.07 Å². The van der Waals surface area contributed by atoms with Crippen LogP contribution in [-0.2, 0) is 6.42 Å². The van der Waals surface area contributed by atoms with Crippen LogP contribution in [0, 0.1) is 11.3 Å². The molecule has 1 aliphatic carbocycles. The van der Waals surface area contributed by atoms with E-state index in [-0.39, 0.29) is 0 Å². The lowest BCUT2D eigenvalue weighted by molar-refractivity contribution is 1.08. The third kappa shape index (κ3) is 3.32. The van der Waals surface area contributed by atoms with Crippen LogP contribution >= 0.6 is 23.2 Å². The van der Waals surface area contributed by atoms with Crippen LogP contribution in [-0.4, -0.2) is 0 Å². The summed E-state index contributed by atoms with van der Waals surface area (Å²) in [5, 5.41) is 11.1. The molecule has 2 N–H and O–H groups in total. The molecule has 0 fully saturated rings. The highest BCUT2D eigenvalue weighted by atomic mass is 35.5. The van der Waals surface area contributed by atoms with Crippen molar-refractivity contribution in [3.8, 4) is 17.2 Å². The van der Waals surface area contributed by atoms with Crippen molar-refractivity contribution >= 4 is 40.5 Å². The van der Waals surface area contributed by atoms with Crippen molar-refractivity contribution in [3.05, 3.63) is 86.9 Å². The normalized spacial score (nSPS) is 14.2. The van der Waals surface area contributed by atoms with E-state index in [9.17, 15) is 5.26 Å². The van der Waals surface area contributed by atoms with Gasteiger partial charge in [0.2, 0.25) is 0 Å². The number of benzene rings is 3. The van der Waals surface area contributed by atoms with Gasteiger partial charge in [-0.2, -0.15) is 5.26 Å². The number of anilines is 1. The summed E-state index contributed by atoms with van der Waals surface area (Å²) in [4.78, 5) is 0. The number of hydrogen-bond acceptors (Lipinski definition) is 2. The van der Waals surface area contributed by atoms with E-state index in [1.54, 1.807) is 0 Å². The molecule has 0 aliphatic heterocycles. The molecule has 0 radical (unpaired) electrons. The SMILES string of the molecule is N#Cc1c(N)cc2c(c1-c1ccc(Cl)cc1)CC/C2=C\c1ccc(Cl)cc1. The Kier molecular flexibility index (Phi) is 4.66. The molecule has 1 aliphatic rings. The van der Waals surface area contributed by atoms with Crippen molar-refractivity contribution in [1.82, 2.24) is 0 Å². The monoisotopic (exact) mass is 390 g/mol. The highest BCUT2D eigenvalue weighted by Crippen LogP contribution is 2.43. The summed E-state index contributed by atoms with van der Waals surface area (Å²) in [5.41, 5.74) is 13.8. The van der Waals surface area contributed by atoms with Crippen molar-refractivity contribution in [1.29, 1.82) is 5.26 Å². The molecule has 0 saturated carbocycles. The number of nitrogens with zero attached hydrogens (tertiary/aromatic N) is 1. The minimum Gasteiger partial charge on any atom is -0.398 e. The maximum atomic E-state index is 9.69. The first-order chi connectivity index (χ1) is 13.1. The summed E-state index contributed by atoms with van der Waals surface area (Å²) in [5.74, 6) is 0. The van der Waals surface area contributed by atoms with E-state index in [1.165, 1.54) is 11.1 Å². The van der Waals surface area contributed by atoms with Crippen LogP contribution in [0.3, 0.4) is 0 Å². The molecule has 0 bridgehead atoms. The second-order valence-electron chi connectivity index (χ2n) is 6.58. The zero-order valence-electron chi connectivity index (χ0n) is 14.5. The lowest BCUT2D eigenvalue weighted by Crippen LogP contribution is -1.99. The van der Waals surface area contributed by atoms with Crippen LogP contribution in [0.4, 0.5) is 5.69 Å². The van der Waals surface area contributed by atoms with E-state index in [4.69, 9.17) is 28.9 Å². The Labute approximate surface area is 168 Å². The molecule has 4 rings (SSSR count). The van der Waals surface area contributed by atoms with Gasteiger partial charge in [-0.25, -0.2) is 0 Å². The fraction of sp³-hybridized carbons (Fsp3) is 0.0870. The molecule has 3 aromatic carbocycles. The summed E-state index contributed by atoms with van der Waals surface area (Å²) in [6, 6.07) is 19.6. The van der Waals surface area contributed by atoms with Gasteiger partial charge < -0.3 is 5.73 Å². The Morgan fingerprint density at radius 2 is 1.56 bits per heavy atom. The predicted molar refractivity (Wildman–Crippen MR) is 114 cm³/mol. The average molecular weight is 391 g/mol. The largest absolute Gasteiger partial charge is 0.398 e. The summed E-state index contributed by atoms with van der Waals surface area (Å²) in [6.07, 6.45) is 3.95. The summed E-state index contributed by atoms with van der Waals surface area (Å²) >= 11 is 12.0. The Balaban J connectivity index is 1.89. The Morgan fingerprint density at radius 3 is 2.19 bits per heavy atom. The second-order valence-corrected chi connectivity index (χ2v) is 7.45. The molecule has 0 amide bonds. The summed E-state index contributed by atoms with van der Waals surface area (Å²) in [6.45, 7) is 0. The molecule has 2 nitrogen and oxygen atoms in total. The predicted octanol–water partition coefficient (Wildman–Crippen LogP) is 6.60. The highest BCUT2D eigenvalue weighted by Gasteiger charge is 2.24. The molecule has 0 saturated heterocycles. The van der Waals surface area contributed by atoms with Gasteiger partial charge in [0.15, 0.2) is 0 Å². The minimum atomic E-state index is 0.505.